The molecule has 10 heteroatoms. The van der Waals surface area contributed by atoms with Crippen molar-refractivity contribution in [1.82, 2.24) is 19.6 Å². The number of nitrogens with zero attached hydrogens (tertiary/aromatic N) is 3. The lowest BCUT2D eigenvalue weighted by molar-refractivity contribution is -0.131. The minimum Gasteiger partial charge on any atom is -0.380 e. The Balaban J connectivity index is 1.39. The number of benzene rings is 2. The predicted octanol–water partition coefficient (Wildman–Crippen LogP) is 2.83. The fraction of sp³-hybridized carbons (Fsp3) is 0.385. The minimum absolute atomic E-state index is 0.137. The number of carbonyl (C=O) groups excluding carboxylic acids is 1. The number of hydrogen-bond donors (Lipinski definition) is 2. The lowest BCUT2D eigenvalue weighted by Crippen LogP contribution is -2.39. The lowest BCUT2D eigenvalue weighted by Gasteiger charge is -2.27. The van der Waals surface area contributed by atoms with Gasteiger partial charge in [0.15, 0.2) is 0 Å². The quantitative estimate of drug-likeness (QED) is 0.482. The second-order valence-corrected chi connectivity index (χ2v) is 10.00. The standard InChI is InChI=1S/C26H27ClF2N4O3/c27-19-3-1-17(2-4-19)15-33-24(34)22-16-31(14-18-11-20(28)13-21(29)12-18)9-5-23(22)32(33)10-8-30-25(35)26(36)6-7-26/h1-4,11-13,36H,5-10,14-16H2,(H,30,35). The van der Waals surface area contributed by atoms with Gasteiger partial charge in [0.05, 0.1) is 18.7 Å². The highest BCUT2D eigenvalue weighted by atomic mass is 35.5. The van der Waals surface area contributed by atoms with Crippen molar-refractivity contribution >= 4 is 17.5 Å². The zero-order valence-electron chi connectivity index (χ0n) is 19.6. The fourth-order valence-electron chi connectivity index (χ4n) is 4.75. The molecule has 2 aliphatic rings. The molecule has 0 saturated heterocycles. The molecule has 190 valence electrons. The third kappa shape index (κ3) is 5.23. The smallest absolute Gasteiger partial charge is 0.271 e. The largest absolute Gasteiger partial charge is 0.380 e. The average Bonchev–Trinajstić information content (AvgIpc) is 3.54. The average molecular weight is 517 g/mol. The van der Waals surface area contributed by atoms with Crippen molar-refractivity contribution < 1.29 is 18.7 Å². The Morgan fingerprint density at radius 2 is 1.72 bits per heavy atom. The van der Waals surface area contributed by atoms with Crippen LogP contribution in [0.4, 0.5) is 8.78 Å². The van der Waals surface area contributed by atoms with E-state index < -0.39 is 17.2 Å². The maximum atomic E-state index is 13.7. The van der Waals surface area contributed by atoms with Gasteiger partial charge in [0.2, 0.25) is 0 Å². The maximum Gasteiger partial charge on any atom is 0.271 e. The third-order valence-electron chi connectivity index (χ3n) is 6.82. The van der Waals surface area contributed by atoms with Gasteiger partial charge in [-0.1, -0.05) is 23.7 Å². The first kappa shape index (κ1) is 24.7. The zero-order valence-corrected chi connectivity index (χ0v) is 20.4. The van der Waals surface area contributed by atoms with Crippen LogP contribution in [0.2, 0.25) is 5.02 Å². The van der Waals surface area contributed by atoms with Crippen molar-refractivity contribution in [1.29, 1.82) is 0 Å². The number of fused-ring (bicyclic) bond motifs is 1. The molecule has 1 amide bonds. The van der Waals surface area contributed by atoms with Gasteiger partial charge in [0, 0.05) is 49.4 Å². The summed E-state index contributed by atoms with van der Waals surface area (Å²) < 4.78 is 30.9. The van der Waals surface area contributed by atoms with Gasteiger partial charge >= 0.3 is 0 Å². The zero-order chi connectivity index (χ0) is 25.4. The van der Waals surface area contributed by atoms with Crippen LogP contribution in [-0.4, -0.2) is 44.0 Å². The molecule has 1 aliphatic carbocycles. The Morgan fingerprint density at radius 1 is 1.03 bits per heavy atom. The third-order valence-corrected chi connectivity index (χ3v) is 7.07. The highest BCUT2D eigenvalue weighted by Crippen LogP contribution is 2.34. The highest BCUT2D eigenvalue weighted by Gasteiger charge is 2.47. The second-order valence-electron chi connectivity index (χ2n) is 9.56. The Hall–Kier alpha value is -3.01. The first-order valence-electron chi connectivity index (χ1n) is 12.0. The van der Waals surface area contributed by atoms with Gasteiger partial charge in [-0.05, 0) is 48.2 Å². The van der Waals surface area contributed by atoms with Crippen LogP contribution in [0.5, 0.6) is 0 Å². The topological polar surface area (TPSA) is 79.5 Å². The Kier molecular flexibility index (Phi) is 6.72. The van der Waals surface area contributed by atoms with E-state index in [1.165, 1.54) is 12.1 Å². The van der Waals surface area contributed by atoms with Gasteiger partial charge in [-0.25, -0.2) is 13.5 Å². The molecule has 3 aromatic rings. The number of nitrogens with one attached hydrogen (secondary N) is 1. The maximum absolute atomic E-state index is 13.7. The number of rotatable bonds is 8. The van der Waals surface area contributed by atoms with Crippen LogP contribution in [0.25, 0.3) is 0 Å². The van der Waals surface area contributed by atoms with Gasteiger partial charge in [0.25, 0.3) is 11.5 Å². The second kappa shape index (κ2) is 9.80. The fourth-order valence-corrected chi connectivity index (χ4v) is 4.88. The molecule has 7 nitrogen and oxygen atoms in total. The summed E-state index contributed by atoms with van der Waals surface area (Å²) in [7, 11) is 0. The molecule has 0 atom stereocenters. The molecular weight excluding hydrogens is 490 g/mol. The van der Waals surface area contributed by atoms with Crippen LogP contribution < -0.4 is 10.9 Å². The summed E-state index contributed by atoms with van der Waals surface area (Å²) in [6.07, 6.45) is 1.50. The van der Waals surface area contributed by atoms with Crippen molar-refractivity contribution in [3.05, 3.63) is 91.9 Å². The van der Waals surface area contributed by atoms with Crippen LogP contribution >= 0.6 is 11.6 Å². The van der Waals surface area contributed by atoms with Crippen LogP contribution in [0.15, 0.2) is 47.3 Å². The summed E-state index contributed by atoms with van der Waals surface area (Å²) in [6, 6.07) is 10.7. The molecule has 36 heavy (non-hydrogen) atoms. The van der Waals surface area contributed by atoms with Gasteiger partial charge in [-0.15, -0.1) is 0 Å². The van der Waals surface area contributed by atoms with E-state index in [9.17, 15) is 23.5 Å². The number of halogens is 3. The lowest BCUT2D eigenvalue weighted by atomic mass is 10.1. The normalized spacial score (nSPS) is 16.6. The van der Waals surface area contributed by atoms with Crippen molar-refractivity contribution in [3.63, 3.8) is 0 Å². The van der Waals surface area contributed by atoms with E-state index in [1.807, 2.05) is 21.7 Å². The van der Waals surface area contributed by atoms with Gasteiger partial charge in [-0.3, -0.25) is 19.2 Å². The SMILES string of the molecule is O=C(NCCn1c2c(c(=O)n1Cc1ccc(Cl)cc1)CN(Cc1cc(F)cc(F)c1)CC2)C1(O)CC1. The molecule has 0 radical (unpaired) electrons. The molecule has 2 heterocycles. The van der Waals surface area contributed by atoms with Gasteiger partial charge < -0.3 is 10.4 Å². The van der Waals surface area contributed by atoms with E-state index >= 15 is 0 Å². The Morgan fingerprint density at radius 3 is 2.39 bits per heavy atom. The van der Waals surface area contributed by atoms with Crippen molar-refractivity contribution in [2.45, 2.75) is 51.0 Å². The molecule has 0 bridgehead atoms. The van der Waals surface area contributed by atoms with E-state index in [2.05, 4.69) is 5.32 Å². The summed E-state index contributed by atoms with van der Waals surface area (Å²) in [5, 5.41) is 13.4. The van der Waals surface area contributed by atoms with E-state index in [0.29, 0.717) is 68.1 Å². The summed E-state index contributed by atoms with van der Waals surface area (Å²) in [6.45, 7) is 2.26. The molecule has 2 N–H and O–H groups in total. The summed E-state index contributed by atoms with van der Waals surface area (Å²) in [5.41, 5.74) is 1.55. The van der Waals surface area contributed by atoms with Gasteiger partial charge in [-0.2, -0.15) is 0 Å². The molecule has 1 saturated carbocycles. The highest BCUT2D eigenvalue weighted by molar-refractivity contribution is 6.30. The molecular formula is C26H27ClF2N4O3. The van der Waals surface area contributed by atoms with Crippen LogP contribution in [0.1, 0.15) is 35.2 Å². The van der Waals surface area contributed by atoms with Crippen LogP contribution in [0.3, 0.4) is 0 Å². The Labute approximate surface area is 211 Å². The first-order valence-corrected chi connectivity index (χ1v) is 12.3. The molecule has 0 spiro atoms. The summed E-state index contributed by atoms with van der Waals surface area (Å²) in [5.74, 6) is -1.64. The van der Waals surface area contributed by atoms with Crippen LogP contribution in [0, 0.1) is 11.6 Å². The molecule has 2 aromatic carbocycles. The number of aromatic nitrogens is 2. The molecule has 1 aromatic heterocycles. The van der Waals surface area contributed by atoms with Crippen LogP contribution in [-0.2, 0) is 37.4 Å². The molecule has 0 unspecified atom stereocenters. The molecule has 1 aliphatic heterocycles. The molecule has 1 fully saturated rings. The number of carbonyl (C=O) groups is 1. The summed E-state index contributed by atoms with van der Waals surface area (Å²) >= 11 is 6.01. The van der Waals surface area contributed by atoms with Crippen molar-refractivity contribution in [3.8, 4) is 0 Å². The van der Waals surface area contributed by atoms with E-state index in [-0.39, 0.29) is 18.0 Å². The van der Waals surface area contributed by atoms with E-state index in [4.69, 9.17) is 11.6 Å². The monoisotopic (exact) mass is 516 g/mol. The van der Waals surface area contributed by atoms with E-state index in [0.717, 1.165) is 17.3 Å². The first-order chi connectivity index (χ1) is 17.2. The number of amides is 1. The van der Waals surface area contributed by atoms with Crippen molar-refractivity contribution in [2.75, 3.05) is 13.1 Å². The van der Waals surface area contributed by atoms with E-state index in [1.54, 1.807) is 16.8 Å². The number of hydrogen-bond acceptors (Lipinski definition) is 4. The van der Waals surface area contributed by atoms with Crippen molar-refractivity contribution in [2.24, 2.45) is 0 Å². The number of aliphatic hydroxyl groups is 1. The Bertz CT molecular complexity index is 1330. The summed E-state index contributed by atoms with van der Waals surface area (Å²) in [4.78, 5) is 27.7. The molecule has 5 rings (SSSR count). The minimum atomic E-state index is -1.25. The van der Waals surface area contributed by atoms with Gasteiger partial charge in [0.1, 0.15) is 17.2 Å². The predicted molar refractivity (Wildman–Crippen MR) is 131 cm³/mol.